The first-order valence-corrected chi connectivity index (χ1v) is 8.38. The molecular formula is C18H24N4O2. The Morgan fingerprint density at radius 1 is 1.46 bits per heavy atom. The maximum atomic E-state index is 12.0. The molecule has 3 rings (SSSR count). The second kappa shape index (κ2) is 7.59. The minimum Gasteiger partial charge on any atom is -0.390 e. The largest absolute Gasteiger partial charge is 0.390 e. The number of hydrogen-bond acceptors (Lipinski definition) is 5. The predicted molar refractivity (Wildman–Crippen MR) is 93.6 cm³/mol. The summed E-state index contributed by atoms with van der Waals surface area (Å²) in [5, 5.41) is 17.0. The van der Waals surface area contributed by atoms with Crippen LogP contribution in [0.25, 0.3) is 0 Å². The van der Waals surface area contributed by atoms with Crippen LogP contribution < -0.4 is 10.7 Å². The predicted octanol–water partition coefficient (Wildman–Crippen LogP) is 0.426. The van der Waals surface area contributed by atoms with Crippen LogP contribution in [0.1, 0.15) is 18.1 Å². The Hall–Kier alpha value is -2.18. The molecule has 0 aromatic heterocycles. The summed E-state index contributed by atoms with van der Waals surface area (Å²) in [5.74, 6) is -0.270. The number of amides is 1. The van der Waals surface area contributed by atoms with Gasteiger partial charge >= 0.3 is 0 Å². The van der Waals surface area contributed by atoms with Crippen molar-refractivity contribution in [3.8, 4) is 0 Å². The van der Waals surface area contributed by atoms with E-state index in [9.17, 15) is 9.90 Å². The Morgan fingerprint density at radius 3 is 3.00 bits per heavy atom. The van der Waals surface area contributed by atoms with E-state index in [1.54, 1.807) is 6.08 Å². The Balaban J connectivity index is 1.44. The molecule has 3 N–H and O–H groups in total. The first-order valence-electron chi connectivity index (χ1n) is 8.38. The van der Waals surface area contributed by atoms with E-state index in [1.807, 2.05) is 19.1 Å². The van der Waals surface area contributed by atoms with E-state index >= 15 is 0 Å². The minimum absolute atomic E-state index is 0.133. The average molecular weight is 328 g/mol. The molecule has 0 bridgehead atoms. The fraction of sp³-hybridized carbons (Fsp3) is 0.444. The molecule has 0 saturated heterocycles. The molecule has 128 valence electrons. The Labute approximate surface area is 142 Å². The number of fused-ring (bicyclic) bond motifs is 1. The molecule has 1 amide bonds. The van der Waals surface area contributed by atoms with Crippen LogP contribution in [0.4, 0.5) is 0 Å². The second-order valence-electron chi connectivity index (χ2n) is 6.39. The zero-order valence-electron chi connectivity index (χ0n) is 13.9. The number of hydrogen-bond donors (Lipinski definition) is 3. The summed E-state index contributed by atoms with van der Waals surface area (Å²) < 4.78 is 0. The molecule has 1 aromatic rings. The van der Waals surface area contributed by atoms with Gasteiger partial charge < -0.3 is 15.8 Å². The van der Waals surface area contributed by atoms with Crippen LogP contribution >= 0.6 is 0 Å². The van der Waals surface area contributed by atoms with Gasteiger partial charge in [0.25, 0.3) is 5.91 Å². The van der Waals surface area contributed by atoms with Crippen molar-refractivity contribution in [2.75, 3.05) is 19.6 Å². The minimum atomic E-state index is -0.598. The van der Waals surface area contributed by atoms with Gasteiger partial charge in [-0.1, -0.05) is 30.3 Å². The van der Waals surface area contributed by atoms with E-state index in [0.717, 1.165) is 19.5 Å². The Kier molecular flexibility index (Phi) is 5.27. The quantitative estimate of drug-likeness (QED) is 0.732. The molecule has 24 heavy (non-hydrogen) atoms. The van der Waals surface area contributed by atoms with Gasteiger partial charge in [-0.2, -0.15) is 5.10 Å². The maximum Gasteiger partial charge on any atom is 0.271 e. The molecule has 1 unspecified atom stereocenters. The lowest BCUT2D eigenvalue weighted by molar-refractivity contribution is -0.115. The number of β-amino-alcohol motifs (C(OH)–C–C–N with tert-alkyl or cyclic N) is 1. The van der Waals surface area contributed by atoms with Crippen molar-refractivity contribution in [1.82, 2.24) is 15.6 Å². The van der Waals surface area contributed by atoms with Gasteiger partial charge in [0.15, 0.2) is 0 Å². The molecule has 2 aliphatic heterocycles. The van der Waals surface area contributed by atoms with Gasteiger partial charge in [0, 0.05) is 26.2 Å². The highest BCUT2D eigenvalue weighted by molar-refractivity contribution is 6.43. The zero-order chi connectivity index (χ0) is 16.9. The Bertz CT molecular complexity index is 656. The van der Waals surface area contributed by atoms with Crippen LogP contribution in [0.15, 0.2) is 41.5 Å². The van der Waals surface area contributed by atoms with E-state index in [-0.39, 0.29) is 18.5 Å². The molecule has 0 radical (unpaired) electrons. The smallest absolute Gasteiger partial charge is 0.271 e. The number of benzene rings is 1. The molecule has 0 fully saturated rings. The summed E-state index contributed by atoms with van der Waals surface area (Å²) in [5.41, 5.74) is 5.90. The number of rotatable bonds is 5. The lowest BCUT2D eigenvalue weighted by Crippen LogP contribution is -2.43. The third-order valence-electron chi connectivity index (χ3n) is 4.34. The third-order valence-corrected chi connectivity index (χ3v) is 4.34. The summed E-state index contributed by atoms with van der Waals surface area (Å²) in [7, 11) is 0. The van der Waals surface area contributed by atoms with Crippen molar-refractivity contribution in [3.63, 3.8) is 0 Å². The van der Waals surface area contributed by atoms with E-state index in [0.29, 0.717) is 12.3 Å². The number of nitrogens with zero attached hydrogens (tertiary/aromatic N) is 2. The van der Waals surface area contributed by atoms with Crippen molar-refractivity contribution >= 4 is 11.6 Å². The Morgan fingerprint density at radius 2 is 2.25 bits per heavy atom. The van der Waals surface area contributed by atoms with Gasteiger partial charge in [-0.05, 0) is 30.5 Å². The van der Waals surface area contributed by atoms with Crippen LogP contribution in [0.5, 0.6) is 0 Å². The molecule has 0 saturated carbocycles. The molecule has 0 aliphatic carbocycles. The zero-order valence-corrected chi connectivity index (χ0v) is 13.9. The van der Waals surface area contributed by atoms with Gasteiger partial charge in [0.1, 0.15) is 5.71 Å². The highest BCUT2D eigenvalue weighted by atomic mass is 16.3. The highest BCUT2D eigenvalue weighted by Gasteiger charge is 2.19. The summed E-state index contributed by atoms with van der Waals surface area (Å²) in [6.45, 7) is 4.50. The van der Waals surface area contributed by atoms with Gasteiger partial charge in [-0.25, -0.2) is 0 Å². The molecule has 6 heteroatoms. The molecule has 6 nitrogen and oxygen atoms in total. The average Bonchev–Trinajstić information content (AvgIpc) is 2.60. The van der Waals surface area contributed by atoms with Crippen LogP contribution in [-0.2, 0) is 17.8 Å². The van der Waals surface area contributed by atoms with E-state index < -0.39 is 6.10 Å². The summed E-state index contributed by atoms with van der Waals surface area (Å²) in [6.07, 6.45) is 3.98. The molecule has 2 atom stereocenters. The second-order valence-corrected chi connectivity index (χ2v) is 6.39. The highest BCUT2D eigenvalue weighted by Crippen LogP contribution is 2.18. The number of aliphatic hydroxyl groups is 1. The van der Waals surface area contributed by atoms with Crippen LogP contribution in [0.3, 0.4) is 0 Å². The molecule has 0 spiro atoms. The van der Waals surface area contributed by atoms with Crippen molar-refractivity contribution < 1.29 is 9.90 Å². The van der Waals surface area contributed by atoms with Crippen LogP contribution in [-0.4, -0.2) is 53.4 Å². The molecular weight excluding hydrogens is 304 g/mol. The third kappa shape index (κ3) is 4.21. The van der Waals surface area contributed by atoms with Crippen LogP contribution in [0.2, 0.25) is 0 Å². The number of carbonyl (C=O) groups is 1. The number of aliphatic hydroxyl groups excluding tert-OH is 1. The van der Waals surface area contributed by atoms with Crippen molar-refractivity contribution in [2.24, 2.45) is 5.10 Å². The molecule has 2 aliphatic rings. The first kappa shape index (κ1) is 16.7. The molecule has 2 heterocycles. The lowest BCUT2D eigenvalue weighted by atomic mass is 10.00. The van der Waals surface area contributed by atoms with Gasteiger partial charge in [-0.3, -0.25) is 9.69 Å². The topological polar surface area (TPSA) is 77.0 Å². The van der Waals surface area contributed by atoms with E-state index in [2.05, 4.69) is 38.9 Å². The summed E-state index contributed by atoms with van der Waals surface area (Å²) >= 11 is 0. The van der Waals surface area contributed by atoms with Gasteiger partial charge in [0.05, 0.1) is 12.1 Å². The maximum absolute atomic E-state index is 12.0. The normalized spacial score (nSPS) is 21.4. The summed E-state index contributed by atoms with van der Waals surface area (Å²) in [6, 6.07) is 8.55. The standard InChI is InChI=1S/C18H24N4O2/c1-13-6-7-17(21-20-13)18(24)19-10-16(23)12-22-9-8-14-4-2-3-5-15(14)11-22/h2-7,13,16,20,23H,8-12H2,1H3,(H,19,24)/t13?,16-/m1/s1. The number of carbonyl (C=O) groups excluding carboxylic acids is 1. The fourth-order valence-electron chi connectivity index (χ4n) is 2.99. The van der Waals surface area contributed by atoms with Crippen LogP contribution in [0, 0.1) is 0 Å². The number of nitrogens with one attached hydrogen (secondary N) is 2. The fourth-order valence-corrected chi connectivity index (χ4v) is 2.99. The SMILES string of the molecule is CC1C=CC(C(=O)NC[C@@H](O)CN2CCc3ccccc3C2)=NN1. The lowest BCUT2D eigenvalue weighted by Gasteiger charge is -2.30. The van der Waals surface area contributed by atoms with Gasteiger partial charge in [0.2, 0.25) is 0 Å². The van der Waals surface area contributed by atoms with E-state index in [1.165, 1.54) is 11.1 Å². The first-order chi connectivity index (χ1) is 11.6. The monoisotopic (exact) mass is 328 g/mol. The van der Waals surface area contributed by atoms with Crippen molar-refractivity contribution in [1.29, 1.82) is 0 Å². The molecule has 1 aromatic carbocycles. The number of hydrazone groups is 1. The summed E-state index contributed by atoms with van der Waals surface area (Å²) in [4.78, 5) is 14.2. The van der Waals surface area contributed by atoms with Crippen molar-refractivity contribution in [2.45, 2.75) is 32.0 Å². The van der Waals surface area contributed by atoms with Gasteiger partial charge in [-0.15, -0.1) is 0 Å². The van der Waals surface area contributed by atoms with Crippen molar-refractivity contribution in [3.05, 3.63) is 47.5 Å². The van der Waals surface area contributed by atoms with E-state index in [4.69, 9.17) is 0 Å².